The monoisotopic (exact) mass is 251 g/mol. The van der Waals surface area contributed by atoms with E-state index in [1.165, 1.54) is 5.56 Å². The summed E-state index contributed by atoms with van der Waals surface area (Å²) in [7, 11) is 0. The molecule has 100 valence electrons. The molecule has 1 rings (SSSR count). The third-order valence-electron chi connectivity index (χ3n) is 2.57. The van der Waals surface area contributed by atoms with E-state index in [0.717, 1.165) is 11.3 Å². The molecule has 0 saturated heterocycles. The predicted octanol–water partition coefficient (Wildman–Crippen LogP) is 2.56. The van der Waals surface area contributed by atoms with Crippen molar-refractivity contribution in [3.63, 3.8) is 0 Å². The van der Waals surface area contributed by atoms with Gasteiger partial charge in [0.05, 0.1) is 6.61 Å². The van der Waals surface area contributed by atoms with Crippen molar-refractivity contribution in [2.24, 2.45) is 0 Å². The normalized spacial score (nSPS) is 10.5. The lowest BCUT2D eigenvalue weighted by Crippen LogP contribution is -2.29. The van der Waals surface area contributed by atoms with Gasteiger partial charge in [-0.25, -0.2) is 5.48 Å². The Morgan fingerprint density at radius 1 is 1.39 bits per heavy atom. The van der Waals surface area contributed by atoms with Crippen LogP contribution < -0.4 is 10.2 Å². The third kappa shape index (κ3) is 4.37. The summed E-state index contributed by atoms with van der Waals surface area (Å²) in [5, 5.41) is 0. The van der Waals surface area contributed by atoms with Crippen LogP contribution in [0.5, 0.6) is 5.75 Å². The number of carbonyl (C=O) groups excluding carboxylic acids is 1. The van der Waals surface area contributed by atoms with Crippen molar-refractivity contribution >= 4 is 5.91 Å². The summed E-state index contributed by atoms with van der Waals surface area (Å²) in [6.07, 6.45) is 0. The van der Waals surface area contributed by atoms with Crippen molar-refractivity contribution in [3.8, 4) is 5.75 Å². The minimum atomic E-state index is -0.286. The van der Waals surface area contributed by atoms with Gasteiger partial charge in [0.25, 0.3) is 5.91 Å². The minimum absolute atomic E-state index is 0.0393. The molecule has 0 fully saturated rings. The summed E-state index contributed by atoms with van der Waals surface area (Å²) in [5.74, 6) is 0.893. The fourth-order valence-corrected chi connectivity index (χ4v) is 1.46. The molecule has 0 bridgehead atoms. The molecular weight excluding hydrogens is 230 g/mol. The van der Waals surface area contributed by atoms with E-state index < -0.39 is 0 Å². The van der Waals surface area contributed by atoms with E-state index in [4.69, 9.17) is 9.57 Å². The average Bonchev–Trinajstić information content (AvgIpc) is 2.35. The Kier molecular flexibility index (Phi) is 5.65. The van der Waals surface area contributed by atoms with Gasteiger partial charge in [-0.3, -0.25) is 9.63 Å². The number of carbonyl (C=O) groups is 1. The maximum Gasteiger partial charge on any atom is 0.281 e. The molecule has 1 aromatic carbocycles. The molecule has 1 amide bonds. The molecule has 4 nitrogen and oxygen atoms in total. The van der Waals surface area contributed by atoms with Gasteiger partial charge >= 0.3 is 0 Å². The molecule has 0 saturated carbocycles. The van der Waals surface area contributed by atoms with Gasteiger partial charge in [0, 0.05) is 0 Å². The number of hydrogen-bond acceptors (Lipinski definition) is 3. The summed E-state index contributed by atoms with van der Waals surface area (Å²) < 4.78 is 5.49. The predicted molar refractivity (Wildman–Crippen MR) is 70.5 cm³/mol. The van der Waals surface area contributed by atoms with E-state index in [0.29, 0.717) is 12.5 Å². The van der Waals surface area contributed by atoms with Crippen molar-refractivity contribution in [2.75, 3.05) is 13.2 Å². The fourth-order valence-electron chi connectivity index (χ4n) is 1.46. The number of amides is 1. The van der Waals surface area contributed by atoms with Crippen LogP contribution in [-0.4, -0.2) is 19.1 Å². The van der Waals surface area contributed by atoms with Crippen LogP contribution in [0.4, 0.5) is 0 Å². The molecule has 1 aromatic rings. The molecule has 4 heteroatoms. The van der Waals surface area contributed by atoms with Crippen molar-refractivity contribution in [3.05, 3.63) is 29.3 Å². The van der Waals surface area contributed by atoms with Gasteiger partial charge in [0.1, 0.15) is 5.75 Å². The quantitative estimate of drug-likeness (QED) is 0.790. The van der Waals surface area contributed by atoms with Gasteiger partial charge in [-0.2, -0.15) is 0 Å². The first-order chi connectivity index (χ1) is 8.54. The Morgan fingerprint density at radius 3 is 2.72 bits per heavy atom. The van der Waals surface area contributed by atoms with Gasteiger partial charge in [0.2, 0.25) is 0 Å². The minimum Gasteiger partial charge on any atom is -0.483 e. The number of rotatable bonds is 6. The van der Waals surface area contributed by atoms with Crippen LogP contribution in [0.3, 0.4) is 0 Å². The van der Waals surface area contributed by atoms with Crippen molar-refractivity contribution < 1.29 is 14.4 Å². The summed E-state index contributed by atoms with van der Waals surface area (Å²) in [6, 6.07) is 6.06. The smallest absolute Gasteiger partial charge is 0.281 e. The summed E-state index contributed by atoms with van der Waals surface area (Å²) in [4.78, 5) is 16.1. The van der Waals surface area contributed by atoms with E-state index >= 15 is 0 Å². The molecule has 18 heavy (non-hydrogen) atoms. The molecule has 0 aromatic heterocycles. The van der Waals surface area contributed by atoms with Crippen LogP contribution in [0.25, 0.3) is 0 Å². The largest absolute Gasteiger partial charge is 0.483 e. The summed E-state index contributed by atoms with van der Waals surface area (Å²) in [6.45, 7) is 8.40. The number of hydroxylamine groups is 1. The lowest BCUT2D eigenvalue weighted by Gasteiger charge is -2.12. The number of aryl methyl sites for hydroxylation is 1. The van der Waals surface area contributed by atoms with Gasteiger partial charge < -0.3 is 4.74 Å². The number of ether oxygens (including phenoxy) is 1. The topological polar surface area (TPSA) is 47.6 Å². The molecule has 1 N–H and O–H groups in total. The zero-order valence-electron chi connectivity index (χ0n) is 11.4. The fraction of sp³-hybridized carbons (Fsp3) is 0.500. The summed E-state index contributed by atoms with van der Waals surface area (Å²) >= 11 is 0. The first kappa shape index (κ1) is 14.5. The Bertz CT molecular complexity index is 402. The SMILES string of the molecule is CCONC(=O)COc1cc(C(C)C)ccc1C. The standard InChI is InChI=1S/C14H21NO3/c1-5-18-15-14(16)9-17-13-8-12(10(2)3)7-6-11(13)4/h6-8,10H,5,9H2,1-4H3,(H,15,16). The highest BCUT2D eigenvalue weighted by molar-refractivity contribution is 5.76. The number of hydrogen-bond donors (Lipinski definition) is 1. The van der Waals surface area contributed by atoms with Crippen LogP contribution in [0.2, 0.25) is 0 Å². The Labute approximate surface area is 108 Å². The maximum atomic E-state index is 11.3. The second kappa shape index (κ2) is 7.01. The Balaban J connectivity index is 2.61. The van der Waals surface area contributed by atoms with E-state index in [-0.39, 0.29) is 12.5 Å². The number of nitrogens with one attached hydrogen (secondary N) is 1. The first-order valence-corrected chi connectivity index (χ1v) is 6.18. The van der Waals surface area contributed by atoms with Gasteiger partial charge in [-0.15, -0.1) is 0 Å². The highest BCUT2D eigenvalue weighted by Gasteiger charge is 2.07. The summed E-state index contributed by atoms with van der Waals surface area (Å²) in [5.41, 5.74) is 4.51. The Hall–Kier alpha value is -1.55. The van der Waals surface area contributed by atoms with Gasteiger partial charge in [-0.1, -0.05) is 26.0 Å². The highest BCUT2D eigenvalue weighted by Crippen LogP contribution is 2.24. The average molecular weight is 251 g/mol. The molecule has 0 radical (unpaired) electrons. The molecule has 0 aliphatic heterocycles. The Morgan fingerprint density at radius 2 is 2.11 bits per heavy atom. The molecular formula is C14H21NO3. The van der Waals surface area contributed by atoms with Crippen LogP contribution in [-0.2, 0) is 9.63 Å². The van der Waals surface area contributed by atoms with E-state index in [1.807, 2.05) is 19.1 Å². The molecule has 0 heterocycles. The maximum absolute atomic E-state index is 11.3. The second-order valence-corrected chi connectivity index (χ2v) is 4.43. The van der Waals surface area contributed by atoms with Crippen LogP contribution in [0.15, 0.2) is 18.2 Å². The second-order valence-electron chi connectivity index (χ2n) is 4.43. The van der Waals surface area contributed by atoms with Crippen LogP contribution >= 0.6 is 0 Å². The lowest BCUT2D eigenvalue weighted by molar-refractivity contribution is -0.135. The van der Waals surface area contributed by atoms with Crippen LogP contribution in [0.1, 0.15) is 37.8 Å². The molecule has 0 spiro atoms. The van der Waals surface area contributed by atoms with Gasteiger partial charge in [0.15, 0.2) is 6.61 Å². The molecule has 0 aliphatic carbocycles. The number of benzene rings is 1. The molecule has 0 atom stereocenters. The van der Waals surface area contributed by atoms with Crippen molar-refractivity contribution in [1.82, 2.24) is 5.48 Å². The van der Waals surface area contributed by atoms with Crippen LogP contribution in [0, 0.1) is 6.92 Å². The van der Waals surface area contributed by atoms with E-state index in [9.17, 15) is 4.79 Å². The van der Waals surface area contributed by atoms with E-state index in [1.54, 1.807) is 6.92 Å². The van der Waals surface area contributed by atoms with Gasteiger partial charge in [-0.05, 0) is 37.0 Å². The lowest BCUT2D eigenvalue weighted by atomic mass is 10.0. The molecule has 0 aliphatic rings. The zero-order valence-corrected chi connectivity index (χ0v) is 11.4. The third-order valence-corrected chi connectivity index (χ3v) is 2.57. The van der Waals surface area contributed by atoms with Crippen molar-refractivity contribution in [1.29, 1.82) is 0 Å². The first-order valence-electron chi connectivity index (χ1n) is 6.18. The zero-order chi connectivity index (χ0) is 13.5. The van der Waals surface area contributed by atoms with Crippen molar-refractivity contribution in [2.45, 2.75) is 33.6 Å². The van der Waals surface area contributed by atoms with E-state index in [2.05, 4.69) is 25.4 Å². The highest BCUT2D eigenvalue weighted by atomic mass is 16.7. The molecule has 0 unspecified atom stereocenters.